The Hall–Kier alpha value is -3.49. The molecule has 170 valence electrons. The molecule has 1 N–H and O–H groups in total. The first-order valence-electron chi connectivity index (χ1n) is 10.4. The summed E-state index contributed by atoms with van der Waals surface area (Å²) in [5.74, 6) is -0.818. The first kappa shape index (κ1) is 23.2. The van der Waals surface area contributed by atoms with Crippen LogP contribution in [-0.4, -0.2) is 35.7 Å². The molecule has 0 spiro atoms. The third-order valence-electron chi connectivity index (χ3n) is 5.63. The number of nitrogens with zero attached hydrogens (tertiary/aromatic N) is 3. The predicted octanol–water partition coefficient (Wildman–Crippen LogP) is 4.38. The number of carbonyl (C=O) groups is 1. The Bertz CT molecular complexity index is 1050. The number of rotatable bonds is 7. The lowest BCUT2D eigenvalue weighted by Crippen LogP contribution is -2.48. The van der Waals surface area contributed by atoms with Crippen LogP contribution in [0.25, 0.3) is 0 Å². The van der Waals surface area contributed by atoms with E-state index in [-0.39, 0.29) is 28.5 Å². The van der Waals surface area contributed by atoms with Crippen molar-refractivity contribution in [1.82, 2.24) is 5.43 Å². The van der Waals surface area contributed by atoms with Crippen LogP contribution in [0.2, 0.25) is 0 Å². The minimum absolute atomic E-state index is 0.0187. The van der Waals surface area contributed by atoms with Gasteiger partial charge < -0.3 is 9.64 Å². The van der Waals surface area contributed by atoms with Crippen LogP contribution in [0, 0.1) is 15.9 Å². The Kier molecular flexibility index (Phi) is 6.76. The van der Waals surface area contributed by atoms with Gasteiger partial charge in [0.05, 0.1) is 11.1 Å². The van der Waals surface area contributed by atoms with Gasteiger partial charge in [0.2, 0.25) is 0 Å². The van der Waals surface area contributed by atoms with E-state index in [1.807, 2.05) is 0 Å². The van der Waals surface area contributed by atoms with E-state index in [0.29, 0.717) is 0 Å². The number of amides is 1. The highest BCUT2D eigenvalue weighted by Crippen LogP contribution is 2.43. The summed E-state index contributed by atoms with van der Waals surface area (Å²) < 4.78 is 20.0. The number of nitrogens with one attached hydrogen (secondary N) is 1. The minimum Gasteiger partial charge on any atom is -0.477 e. The quantitative estimate of drug-likeness (QED) is 0.390. The summed E-state index contributed by atoms with van der Waals surface area (Å²) >= 11 is 0. The summed E-state index contributed by atoms with van der Waals surface area (Å²) in [6.45, 7) is 8.79. The van der Waals surface area contributed by atoms with Crippen LogP contribution in [0.5, 0.6) is 5.75 Å². The maximum atomic E-state index is 14.8. The topological polar surface area (TPSA) is 97.1 Å². The van der Waals surface area contributed by atoms with Gasteiger partial charge in [0.25, 0.3) is 5.91 Å². The Labute approximate surface area is 186 Å². The largest absolute Gasteiger partial charge is 0.477 e. The molecule has 0 fully saturated rings. The molecule has 0 aromatic heterocycles. The average molecular weight is 442 g/mol. The van der Waals surface area contributed by atoms with E-state index >= 15 is 0 Å². The van der Waals surface area contributed by atoms with Crippen LogP contribution in [0.4, 0.5) is 15.8 Å². The maximum Gasteiger partial charge on any atom is 0.310 e. The molecule has 1 heterocycles. The Morgan fingerprint density at radius 3 is 2.81 bits per heavy atom. The van der Waals surface area contributed by atoms with Crippen molar-refractivity contribution in [2.75, 3.05) is 18.1 Å². The fourth-order valence-electron chi connectivity index (χ4n) is 4.30. The molecule has 1 aliphatic heterocycles. The van der Waals surface area contributed by atoms with Crippen molar-refractivity contribution in [3.05, 3.63) is 63.5 Å². The van der Waals surface area contributed by atoms with E-state index in [9.17, 15) is 19.3 Å². The summed E-state index contributed by atoms with van der Waals surface area (Å²) in [5, 5.41) is 14.8. The monoisotopic (exact) mass is 442 g/mol. The first-order valence-corrected chi connectivity index (χ1v) is 10.4. The predicted molar refractivity (Wildman–Crippen MR) is 121 cm³/mol. The molecule has 32 heavy (non-hydrogen) atoms. The number of halogens is 1. The van der Waals surface area contributed by atoms with E-state index in [1.54, 1.807) is 12.1 Å². The van der Waals surface area contributed by atoms with E-state index in [0.717, 1.165) is 24.2 Å². The Morgan fingerprint density at radius 1 is 1.41 bits per heavy atom. The van der Waals surface area contributed by atoms with Gasteiger partial charge in [-0.2, -0.15) is 5.10 Å². The summed E-state index contributed by atoms with van der Waals surface area (Å²) in [6.07, 6.45) is 2.19. The number of carbonyl (C=O) groups excluding carboxylic acids is 1. The second-order valence-corrected chi connectivity index (χ2v) is 8.40. The number of fused-ring (bicyclic) bond motifs is 1. The van der Waals surface area contributed by atoms with Crippen molar-refractivity contribution in [3.8, 4) is 5.75 Å². The normalized spacial score (nSPS) is 17.2. The number of nitro benzene ring substituents is 1. The zero-order valence-electron chi connectivity index (χ0n) is 18.6. The Morgan fingerprint density at radius 2 is 2.12 bits per heavy atom. The van der Waals surface area contributed by atoms with E-state index in [1.165, 1.54) is 30.5 Å². The van der Waals surface area contributed by atoms with Crippen molar-refractivity contribution < 1.29 is 18.8 Å². The van der Waals surface area contributed by atoms with E-state index in [4.69, 9.17) is 4.74 Å². The van der Waals surface area contributed by atoms with Crippen LogP contribution in [-0.2, 0) is 4.79 Å². The molecule has 0 radical (unpaired) electrons. The highest BCUT2D eigenvalue weighted by molar-refractivity contribution is 5.84. The van der Waals surface area contributed by atoms with E-state index in [2.05, 4.69) is 43.1 Å². The first-order chi connectivity index (χ1) is 15.1. The van der Waals surface area contributed by atoms with E-state index < -0.39 is 23.3 Å². The molecule has 2 aromatic carbocycles. The van der Waals surface area contributed by atoms with Crippen molar-refractivity contribution in [1.29, 1.82) is 0 Å². The molecule has 8 nitrogen and oxygen atoms in total. The molecular formula is C23H27FN4O4. The number of anilines is 1. The molecule has 1 unspecified atom stereocenters. The van der Waals surface area contributed by atoms with Crippen LogP contribution in [0.15, 0.2) is 41.5 Å². The number of nitro groups is 1. The van der Waals surface area contributed by atoms with Gasteiger partial charge in [-0.1, -0.05) is 19.1 Å². The Balaban J connectivity index is 1.68. The molecule has 0 saturated heterocycles. The molecule has 1 amide bonds. The standard InChI is InChI=1S/C23H27FN4O4/c1-5-27-20-11-18(24)16(10-17(20)15(2)12-23(27,3)4)13-25-26-22(29)14-32-21-9-7-6-8-19(21)28(30)31/h6-11,13,15H,5,12,14H2,1-4H3,(H,26,29)/b25-13+. The molecule has 1 atom stereocenters. The van der Waals surface area contributed by atoms with Gasteiger partial charge in [0.1, 0.15) is 5.82 Å². The lowest BCUT2D eigenvalue weighted by molar-refractivity contribution is -0.385. The van der Waals surface area contributed by atoms with Crippen molar-refractivity contribution in [3.63, 3.8) is 0 Å². The molecule has 0 saturated carbocycles. The van der Waals surface area contributed by atoms with Crippen LogP contribution in [0.3, 0.4) is 0 Å². The van der Waals surface area contributed by atoms with Crippen LogP contribution >= 0.6 is 0 Å². The highest BCUT2D eigenvalue weighted by atomic mass is 19.1. The van der Waals surface area contributed by atoms with Gasteiger partial charge in [-0.3, -0.25) is 14.9 Å². The van der Waals surface area contributed by atoms with Crippen molar-refractivity contribution in [2.24, 2.45) is 5.10 Å². The van der Waals surface area contributed by atoms with Gasteiger partial charge in [-0.15, -0.1) is 0 Å². The lowest BCUT2D eigenvalue weighted by Gasteiger charge is -2.47. The molecule has 1 aliphatic rings. The summed E-state index contributed by atoms with van der Waals surface area (Å²) in [6, 6.07) is 9.05. The molecular weight excluding hydrogens is 415 g/mol. The number of hydrazone groups is 1. The molecule has 3 rings (SSSR count). The number of benzene rings is 2. The fraction of sp³-hybridized carbons (Fsp3) is 0.391. The van der Waals surface area contributed by atoms with Gasteiger partial charge >= 0.3 is 5.69 Å². The SMILES string of the molecule is CCN1c2cc(F)c(/C=N/NC(=O)COc3ccccc3[N+](=O)[O-])cc2C(C)CC1(C)C. The molecule has 0 bridgehead atoms. The van der Waals surface area contributed by atoms with Crippen molar-refractivity contribution >= 4 is 23.5 Å². The van der Waals surface area contributed by atoms with Gasteiger partial charge in [-0.25, -0.2) is 9.82 Å². The molecule has 9 heteroatoms. The second-order valence-electron chi connectivity index (χ2n) is 8.40. The number of ether oxygens (including phenoxy) is 1. The lowest BCUT2D eigenvalue weighted by atomic mass is 9.79. The zero-order chi connectivity index (χ0) is 23.5. The zero-order valence-corrected chi connectivity index (χ0v) is 18.6. The van der Waals surface area contributed by atoms with Gasteiger partial charge in [-0.05, 0) is 56.9 Å². The molecule has 2 aromatic rings. The smallest absolute Gasteiger partial charge is 0.310 e. The highest BCUT2D eigenvalue weighted by Gasteiger charge is 2.36. The third-order valence-corrected chi connectivity index (χ3v) is 5.63. The van der Waals surface area contributed by atoms with Crippen LogP contribution in [0.1, 0.15) is 51.2 Å². The number of hydrogen-bond donors (Lipinski definition) is 1. The average Bonchev–Trinajstić information content (AvgIpc) is 2.73. The third kappa shape index (κ3) is 4.87. The molecule has 0 aliphatic carbocycles. The summed E-state index contributed by atoms with van der Waals surface area (Å²) in [7, 11) is 0. The van der Waals surface area contributed by atoms with Gasteiger partial charge in [0.15, 0.2) is 12.4 Å². The summed E-state index contributed by atoms with van der Waals surface area (Å²) in [4.78, 5) is 24.6. The van der Waals surface area contributed by atoms with Crippen LogP contribution < -0.4 is 15.1 Å². The van der Waals surface area contributed by atoms with Gasteiger partial charge in [0, 0.05) is 29.4 Å². The fourth-order valence-corrected chi connectivity index (χ4v) is 4.30. The minimum atomic E-state index is -0.620. The second kappa shape index (κ2) is 9.33. The maximum absolute atomic E-state index is 14.8. The number of hydrogen-bond acceptors (Lipinski definition) is 6. The number of para-hydroxylation sites is 2. The summed E-state index contributed by atoms with van der Waals surface area (Å²) in [5.41, 5.74) is 4.15. The van der Waals surface area contributed by atoms with Crippen molar-refractivity contribution in [2.45, 2.75) is 45.6 Å².